The van der Waals surface area contributed by atoms with Gasteiger partial charge in [0.15, 0.2) is 0 Å². The lowest BCUT2D eigenvalue weighted by molar-refractivity contribution is -0.137. The molecule has 1 unspecified atom stereocenters. The Morgan fingerprint density at radius 3 is 2.50 bits per heavy atom. The van der Waals surface area contributed by atoms with Crippen LogP contribution in [0.1, 0.15) is 48.8 Å². The summed E-state index contributed by atoms with van der Waals surface area (Å²) in [6.07, 6.45) is -5.21. The van der Waals surface area contributed by atoms with Gasteiger partial charge in [0.05, 0.1) is 20.6 Å². The van der Waals surface area contributed by atoms with E-state index in [9.17, 15) is 32.4 Å². The van der Waals surface area contributed by atoms with Gasteiger partial charge in [-0.1, -0.05) is 22.1 Å². The van der Waals surface area contributed by atoms with Crippen LogP contribution in [-0.4, -0.2) is 49.0 Å². The van der Waals surface area contributed by atoms with Crippen LogP contribution in [0.25, 0.3) is 0 Å². The first kappa shape index (κ1) is 28.1. The Kier molecular flexibility index (Phi) is 6.92. The number of rotatable bonds is 3. The minimum Gasteiger partial charge on any atom is -0.465 e. The van der Waals surface area contributed by atoms with Gasteiger partial charge >= 0.3 is 12.3 Å². The highest BCUT2D eigenvalue weighted by Gasteiger charge is 2.61. The summed E-state index contributed by atoms with van der Waals surface area (Å²) in [7, 11) is -2.77. The number of carbonyl (C=O) groups excluding carboxylic acids is 1. The topological polar surface area (TPSA) is 136 Å². The molecule has 38 heavy (non-hydrogen) atoms. The maximum absolute atomic E-state index is 15.3. The molecule has 0 radical (unpaired) electrons. The number of carboxylic acid groups (broad SMARTS) is 1. The van der Waals surface area contributed by atoms with Crippen molar-refractivity contribution in [2.75, 3.05) is 11.9 Å². The van der Waals surface area contributed by atoms with Crippen molar-refractivity contribution >= 4 is 45.6 Å². The van der Waals surface area contributed by atoms with Crippen LogP contribution in [-0.2, 0) is 11.7 Å². The fourth-order valence-electron chi connectivity index (χ4n) is 4.81. The fourth-order valence-corrected chi connectivity index (χ4v) is 8.46. The maximum atomic E-state index is 15.3. The fraction of sp³-hybridized carbons (Fsp3) is 0.391. The average molecular weight is 578 g/mol. The molecule has 1 aromatic heterocycles. The quantitative estimate of drug-likeness (QED) is 0.311. The zero-order valence-electron chi connectivity index (χ0n) is 20.3. The van der Waals surface area contributed by atoms with E-state index in [1.54, 1.807) is 20.8 Å². The smallest absolute Gasteiger partial charge is 0.417 e. The molecular formula is C23H24ClF4N5O4S. The molecule has 2 aliphatic heterocycles. The lowest BCUT2D eigenvalue weighted by Crippen LogP contribution is -2.59. The van der Waals surface area contributed by atoms with Gasteiger partial charge in [-0.3, -0.25) is 19.8 Å². The van der Waals surface area contributed by atoms with E-state index in [1.807, 2.05) is 0 Å². The Hall–Kier alpha value is -2.94. The van der Waals surface area contributed by atoms with E-state index in [4.69, 9.17) is 11.6 Å². The van der Waals surface area contributed by atoms with Gasteiger partial charge in [-0.2, -0.15) is 13.2 Å². The van der Waals surface area contributed by atoms with Crippen molar-refractivity contribution in [3.8, 4) is 0 Å². The van der Waals surface area contributed by atoms with E-state index < -0.39 is 66.3 Å². The molecule has 15 heteroatoms. The third-order valence-corrected chi connectivity index (χ3v) is 11.0. The summed E-state index contributed by atoms with van der Waals surface area (Å²) in [5.41, 5.74) is -3.01. The standard InChI is InChI=1S/C23H24ClF4N5O4S/c1-21(2)19(32-20(35)36)33-22(3,16-6-7-30-38(16,21)37)13-9-12(4-5-15(13)25)31-18(34)17-14(24)8-11(10-29-17)23(26,27)28/h4-5,8-10,16,30,37H,6-7H2,1-3H3,(H,31,34)(H,32,33)(H,35,36)/t16-,22+/m0/s1. The molecule has 5 N–H and O–H groups in total. The first-order chi connectivity index (χ1) is 17.5. The van der Waals surface area contributed by atoms with E-state index in [2.05, 4.69) is 25.3 Å². The number of aromatic nitrogens is 1. The van der Waals surface area contributed by atoms with Crippen LogP contribution in [0.15, 0.2) is 35.5 Å². The van der Waals surface area contributed by atoms with E-state index in [0.29, 0.717) is 25.2 Å². The number of pyridine rings is 1. The van der Waals surface area contributed by atoms with Crippen molar-refractivity contribution in [2.45, 2.75) is 48.9 Å². The lowest BCUT2D eigenvalue weighted by atomic mass is 9.85. The van der Waals surface area contributed by atoms with Gasteiger partial charge in [-0.15, -0.1) is 0 Å². The van der Waals surface area contributed by atoms with E-state index in [0.717, 1.165) is 6.07 Å². The van der Waals surface area contributed by atoms with E-state index in [1.165, 1.54) is 12.1 Å². The Morgan fingerprint density at radius 2 is 1.89 bits per heavy atom. The monoisotopic (exact) mass is 577 g/mol. The molecule has 3 heterocycles. The van der Waals surface area contributed by atoms with Crippen LogP contribution in [0.2, 0.25) is 5.02 Å². The Morgan fingerprint density at radius 1 is 1.21 bits per heavy atom. The normalized spacial score (nSPS) is 28.0. The van der Waals surface area contributed by atoms with Crippen LogP contribution < -0.4 is 15.4 Å². The van der Waals surface area contributed by atoms with Gasteiger partial charge in [-0.25, -0.2) is 14.2 Å². The molecule has 0 spiro atoms. The summed E-state index contributed by atoms with van der Waals surface area (Å²) in [6.45, 7) is 5.26. The number of hydrogen-bond donors (Lipinski definition) is 5. The third-order valence-electron chi connectivity index (χ3n) is 6.84. The molecular weight excluding hydrogens is 554 g/mol. The minimum absolute atomic E-state index is 0.0263. The molecule has 0 bridgehead atoms. The van der Waals surface area contributed by atoms with Gasteiger partial charge in [0.25, 0.3) is 5.91 Å². The third kappa shape index (κ3) is 4.59. The molecule has 206 valence electrons. The number of benzene rings is 1. The maximum Gasteiger partial charge on any atom is 0.417 e. The van der Waals surface area contributed by atoms with Crippen molar-refractivity contribution in [2.24, 2.45) is 4.99 Å². The van der Waals surface area contributed by atoms with Gasteiger partial charge in [-0.05, 0) is 51.5 Å². The van der Waals surface area contributed by atoms with Crippen LogP contribution in [0.3, 0.4) is 0 Å². The summed E-state index contributed by atoms with van der Waals surface area (Å²) in [5, 5.41) is 12.9. The van der Waals surface area contributed by atoms with Crippen LogP contribution in [0.5, 0.6) is 0 Å². The van der Waals surface area contributed by atoms with E-state index in [-0.39, 0.29) is 17.1 Å². The number of nitrogens with zero attached hydrogens (tertiary/aromatic N) is 2. The van der Waals surface area contributed by atoms with Crippen molar-refractivity contribution in [1.29, 1.82) is 0 Å². The predicted molar refractivity (Wildman–Crippen MR) is 135 cm³/mol. The molecule has 9 nitrogen and oxygen atoms in total. The number of fused-ring (bicyclic) bond motifs is 1. The zero-order chi connectivity index (χ0) is 28.3. The largest absolute Gasteiger partial charge is 0.465 e. The molecule has 0 aliphatic carbocycles. The van der Waals surface area contributed by atoms with Crippen LogP contribution in [0, 0.1) is 5.82 Å². The second-order valence-electron chi connectivity index (χ2n) is 9.55. The highest BCUT2D eigenvalue weighted by Crippen LogP contribution is 2.67. The molecule has 0 saturated carbocycles. The van der Waals surface area contributed by atoms with Crippen molar-refractivity contribution < 1.29 is 36.8 Å². The molecule has 1 aromatic carbocycles. The highest BCUT2D eigenvalue weighted by atomic mass is 35.5. The summed E-state index contributed by atoms with van der Waals surface area (Å²) in [6, 6.07) is 4.15. The molecule has 1 saturated heterocycles. The number of alkyl halides is 3. The first-order valence-corrected chi connectivity index (χ1v) is 13.3. The lowest BCUT2D eigenvalue weighted by Gasteiger charge is -2.56. The van der Waals surface area contributed by atoms with Crippen molar-refractivity contribution in [1.82, 2.24) is 15.0 Å². The van der Waals surface area contributed by atoms with Crippen molar-refractivity contribution in [3.05, 3.63) is 58.1 Å². The zero-order valence-corrected chi connectivity index (χ0v) is 21.9. The summed E-state index contributed by atoms with van der Waals surface area (Å²) < 4.78 is 67.7. The number of hydrogen-bond acceptors (Lipinski definition) is 6. The van der Waals surface area contributed by atoms with Crippen LogP contribution in [0.4, 0.5) is 28.0 Å². The average Bonchev–Trinajstić information content (AvgIpc) is 3.22. The predicted octanol–water partition coefficient (Wildman–Crippen LogP) is 5.37. The molecule has 4 rings (SSSR count). The number of anilines is 1. The minimum atomic E-state index is -4.70. The van der Waals surface area contributed by atoms with Crippen molar-refractivity contribution in [3.63, 3.8) is 0 Å². The Balaban J connectivity index is 1.74. The second-order valence-corrected chi connectivity index (χ2v) is 13.1. The van der Waals surface area contributed by atoms with Gasteiger partial charge in [0.1, 0.15) is 22.9 Å². The number of carbonyl (C=O) groups is 2. The number of amidine groups is 1. The summed E-state index contributed by atoms with van der Waals surface area (Å²) in [5.74, 6) is -1.70. The Bertz CT molecular complexity index is 1360. The second kappa shape index (κ2) is 9.36. The number of halogens is 5. The SMILES string of the molecule is CC1(C)C(NC(=O)O)=N[C@](C)(c2cc(NC(=O)c3ncc(C(F)(F)F)cc3Cl)ccc2F)[C@@H]2CCNS21O. The highest BCUT2D eigenvalue weighted by molar-refractivity contribution is 8.29. The Labute approximate surface area is 221 Å². The van der Waals surface area contributed by atoms with Crippen LogP contribution >= 0.6 is 22.1 Å². The number of nitrogens with one attached hydrogen (secondary N) is 3. The van der Waals surface area contributed by atoms with Gasteiger partial charge in [0.2, 0.25) is 0 Å². The van der Waals surface area contributed by atoms with E-state index >= 15 is 4.39 Å². The number of amides is 2. The van der Waals surface area contributed by atoms with Gasteiger partial charge in [0, 0.05) is 24.0 Å². The molecule has 2 amide bonds. The molecule has 2 aromatic rings. The van der Waals surface area contributed by atoms with Gasteiger partial charge < -0.3 is 15.0 Å². The first-order valence-electron chi connectivity index (χ1n) is 11.2. The summed E-state index contributed by atoms with van der Waals surface area (Å²) >= 11 is 5.87. The molecule has 1 fully saturated rings. The number of aliphatic imine (C=N–C) groups is 1. The molecule has 2 aliphatic rings. The molecule has 3 atom stereocenters. The summed E-state index contributed by atoms with van der Waals surface area (Å²) in [4.78, 5) is 32.4.